The van der Waals surface area contributed by atoms with Gasteiger partial charge in [0.1, 0.15) is 28.9 Å². The van der Waals surface area contributed by atoms with Gasteiger partial charge in [0.2, 0.25) is 0 Å². The molecule has 0 saturated carbocycles. The number of hydrogen-bond acceptors (Lipinski definition) is 17. The lowest BCUT2D eigenvalue weighted by atomic mass is 9.94. The van der Waals surface area contributed by atoms with E-state index in [-0.39, 0.29) is 53.4 Å². The van der Waals surface area contributed by atoms with Crippen molar-refractivity contribution in [1.82, 2.24) is 0 Å². The van der Waals surface area contributed by atoms with Crippen molar-refractivity contribution in [3.8, 4) is 39.9 Å². The van der Waals surface area contributed by atoms with Crippen LogP contribution in [0.15, 0.2) is 136 Å². The lowest BCUT2D eigenvalue weighted by Crippen LogP contribution is -2.21. The van der Waals surface area contributed by atoms with Gasteiger partial charge in [0.05, 0.1) is 30.9 Å². The van der Waals surface area contributed by atoms with Gasteiger partial charge in [0, 0.05) is 18.2 Å². The molecule has 0 saturated heterocycles. The summed E-state index contributed by atoms with van der Waals surface area (Å²) in [4.78, 5) is 107. The van der Waals surface area contributed by atoms with Crippen LogP contribution in [0.1, 0.15) is 69.6 Å². The fraction of sp³-hybridized carbons (Fsp3) is 0.204. The van der Waals surface area contributed by atoms with Crippen molar-refractivity contribution in [2.24, 2.45) is 0 Å². The maximum atomic E-state index is 14.3. The molecule has 1 unspecified atom stereocenters. The van der Waals surface area contributed by atoms with Gasteiger partial charge in [-0.2, -0.15) is 0 Å². The van der Waals surface area contributed by atoms with Crippen LogP contribution in [0.3, 0.4) is 0 Å². The normalized spacial score (nSPS) is 10.7. The third kappa shape index (κ3) is 15.8. The molecular weight excluding hydrogens is 861 g/mol. The summed E-state index contributed by atoms with van der Waals surface area (Å²) in [7, 11) is 0. The minimum Gasteiger partial charge on any atom is -0.494 e. The van der Waals surface area contributed by atoms with Gasteiger partial charge in [-0.1, -0.05) is 38.4 Å². The molecule has 0 spiro atoms. The van der Waals surface area contributed by atoms with Crippen LogP contribution in [0.25, 0.3) is 11.1 Å². The standard InChI is InChI=1S/C49H46O17/c1-5-39(50)40(51)14-13-31-60-48(56)45-38(32-15-19-34(20-16-32)58-29-11-9-10-12-30-59-42(52)6-2)27-28-41(62-47(55)33-17-21-36(22-18-33)63-65-43(53)7-3)46(45)49(57)61-35-23-25-37(26-24-35)64-66-44(54)8-4/h5-8,15-28,40,51H,1-4,9-14,29-31H2. The van der Waals surface area contributed by atoms with Gasteiger partial charge < -0.3 is 28.8 Å². The molecule has 0 aliphatic carbocycles. The largest absolute Gasteiger partial charge is 0.494 e. The summed E-state index contributed by atoms with van der Waals surface area (Å²) in [6, 6.07) is 19.7. The summed E-state index contributed by atoms with van der Waals surface area (Å²) in [6.07, 6.45) is 5.50. The van der Waals surface area contributed by atoms with E-state index in [1.807, 2.05) is 0 Å². The second-order valence-corrected chi connectivity index (χ2v) is 13.6. The quantitative estimate of drug-likeness (QED) is 0.0152. The number of benzene rings is 4. The zero-order valence-corrected chi connectivity index (χ0v) is 35.6. The van der Waals surface area contributed by atoms with E-state index in [1.54, 1.807) is 24.3 Å². The Labute approximate surface area is 379 Å². The van der Waals surface area contributed by atoms with Gasteiger partial charge in [-0.05, 0) is 129 Å². The van der Waals surface area contributed by atoms with Crippen LogP contribution in [0.5, 0.6) is 28.7 Å². The van der Waals surface area contributed by atoms with Crippen LogP contribution in [-0.4, -0.2) is 72.6 Å². The Morgan fingerprint density at radius 2 is 1.05 bits per heavy atom. The number of ether oxygens (including phenoxy) is 5. The SMILES string of the molecule is C=CC(=O)OCCCCCCOc1ccc(-c2ccc(OC(=O)c3ccc(OOC(=O)C=C)cc3)c(C(=O)Oc3ccc(OOC(=O)C=C)cc3)c2C(=O)OCCCC(O)C(=O)C=C)cc1. The molecule has 1 N–H and O–H groups in total. The first-order valence-corrected chi connectivity index (χ1v) is 20.2. The van der Waals surface area contributed by atoms with Crippen LogP contribution in [-0.2, 0) is 38.4 Å². The lowest BCUT2D eigenvalue weighted by Gasteiger charge is -2.18. The van der Waals surface area contributed by atoms with E-state index >= 15 is 0 Å². The van der Waals surface area contributed by atoms with Crippen molar-refractivity contribution in [2.45, 2.75) is 44.6 Å². The molecule has 0 amide bonds. The Kier molecular flexibility index (Phi) is 20.1. The second-order valence-electron chi connectivity index (χ2n) is 13.6. The summed E-state index contributed by atoms with van der Waals surface area (Å²) in [5, 5.41) is 10.1. The Bertz CT molecular complexity index is 2380. The molecule has 0 bridgehead atoms. The number of aliphatic hydroxyl groups excluding tert-OH is 1. The molecule has 4 aromatic carbocycles. The summed E-state index contributed by atoms with van der Waals surface area (Å²) in [5.41, 5.74) is -0.380. The van der Waals surface area contributed by atoms with Gasteiger partial charge in [-0.15, -0.1) is 0 Å². The highest BCUT2D eigenvalue weighted by atomic mass is 17.2. The molecule has 1 atom stereocenters. The van der Waals surface area contributed by atoms with Gasteiger partial charge in [0.15, 0.2) is 17.3 Å². The topological polar surface area (TPSA) is 223 Å². The van der Waals surface area contributed by atoms with Crippen molar-refractivity contribution >= 4 is 41.6 Å². The van der Waals surface area contributed by atoms with E-state index in [4.69, 9.17) is 33.5 Å². The van der Waals surface area contributed by atoms with E-state index < -0.39 is 59.0 Å². The van der Waals surface area contributed by atoms with E-state index in [1.165, 1.54) is 60.7 Å². The fourth-order valence-corrected chi connectivity index (χ4v) is 5.60. The van der Waals surface area contributed by atoms with E-state index in [0.29, 0.717) is 30.9 Å². The molecule has 0 aliphatic rings. The molecule has 66 heavy (non-hydrogen) atoms. The molecule has 0 aromatic heterocycles. The van der Waals surface area contributed by atoms with Gasteiger partial charge in [-0.3, -0.25) is 14.6 Å². The molecule has 0 heterocycles. The Morgan fingerprint density at radius 3 is 1.64 bits per heavy atom. The zero-order valence-electron chi connectivity index (χ0n) is 35.6. The minimum absolute atomic E-state index is 0.0358. The predicted octanol–water partition coefficient (Wildman–Crippen LogP) is 7.56. The third-order valence-electron chi connectivity index (χ3n) is 8.94. The van der Waals surface area contributed by atoms with Crippen molar-refractivity contribution < 1.29 is 81.9 Å². The van der Waals surface area contributed by atoms with E-state index in [0.717, 1.165) is 43.6 Å². The molecule has 17 nitrogen and oxygen atoms in total. The molecule has 0 radical (unpaired) electrons. The fourth-order valence-electron chi connectivity index (χ4n) is 5.60. The first-order valence-electron chi connectivity index (χ1n) is 20.2. The monoisotopic (exact) mass is 906 g/mol. The number of rotatable bonds is 27. The summed E-state index contributed by atoms with van der Waals surface area (Å²) < 4.78 is 27.9. The average Bonchev–Trinajstić information content (AvgIpc) is 3.34. The molecule has 0 aliphatic heterocycles. The van der Waals surface area contributed by atoms with Crippen LogP contribution >= 0.6 is 0 Å². The van der Waals surface area contributed by atoms with Crippen molar-refractivity contribution in [3.05, 3.63) is 152 Å². The molecule has 344 valence electrons. The highest BCUT2D eigenvalue weighted by Crippen LogP contribution is 2.36. The number of carbonyl (C=O) groups is 7. The highest BCUT2D eigenvalue weighted by Gasteiger charge is 2.31. The van der Waals surface area contributed by atoms with Crippen LogP contribution in [0, 0.1) is 0 Å². The molecular formula is C49H46O17. The maximum Gasteiger partial charge on any atom is 0.378 e. The number of esters is 4. The average molecular weight is 907 g/mol. The van der Waals surface area contributed by atoms with Crippen LogP contribution < -0.4 is 24.0 Å². The molecule has 4 aromatic rings. The minimum atomic E-state index is -1.38. The first kappa shape index (κ1) is 50.3. The summed E-state index contributed by atoms with van der Waals surface area (Å²) in [6.45, 7) is 13.7. The maximum absolute atomic E-state index is 14.3. The lowest BCUT2D eigenvalue weighted by molar-refractivity contribution is -0.207. The Balaban J connectivity index is 1.68. The first-order chi connectivity index (χ1) is 31.9. The van der Waals surface area contributed by atoms with Crippen LogP contribution in [0.2, 0.25) is 0 Å². The third-order valence-corrected chi connectivity index (χ3v) is 8.94. The van der Waals surface area contributed by atoms with Crippen molar-refractivity contribution in [1.29, 1.82) is 0 Å². The van der Waals surface area contributed by atoms with E-state index in [9.17, 15) is 38.7 Å². The smallest absolute Gasteiger partial charge is 0.378 e. The number of ketones is 1. The predicted molar refractivity (Wildman–Crippen MR) is 234 cm³/mol. The summed E-state index contributed by atoms with van der Waals surface area (Å²) >= 11 is 0. The molecule has 17 heteroatoms. The van der Waals surface area contributed by atoms with Crippen molar-refractivity contribution in [3.63, 3.8) is 0 Å². The van der Waals surface area contributed by atoms with Crippen molar-refractivity contribution in [2.75, 3.05) is 19.8 Å². The summed E-state index contributed by atoms with van der Waals surface area (Å²) in [5.74, 6) is -5.89. The van der Waals surface area contributed by atoms with Gasteiger partial charge in [0.25, 0.3) is 0 Å². The Hall–Kier alpha value is -8.31. The molecule has 0 fully saturated rings. The number of carbonyl (C=O) groups excluding carboxylic acids is 7. The molecule has 4 rings (SSSR count). The number of hydrogen-bond donors (Lipinski definition) is 1. The number of unbranched alkanes of at least 4 members (excludes halogenated alkanes) is 3. The van der Waals surface area contributed by atoms with Crippen LogP contribution in [0.4, 0.5) is 0 Å². The van der Waals surface area contributed by atoms with Gasteiger partial charge in [-0.25, -0.2) is 38.5 Å². The van der Waals surface area contributed by atoms with Gasteiger partial charge >= 0.3 is 35.8 Å². The highest BCUT2D eigenvalue weighted by molar-refractivity contribution is 6.11. The Morgan fingerprint density at radius 1 is 0.500 bits per heavy atom. The second kappa shape index (κ2) is 26.3. The van der Waals surface area contributed by atoms with E-state index in [2.05, 4.69) is 36.1 Å². The zero-order chi connectivity index (χ0) is 47.8. The number of aliphatic hydroxyl groups is 1.